The minimum absolute atomic E-state index is 0.0426. The number of rotatable bonds is 4. The highest BCUT2D eigenvalue weighted by molar-refractivity contribution is 7.99. The molecule has 0 saturated heterocycles. The van der Waals surface area contributed by atoms with Gasteiger partial charge in [-0.3, -0.25) is 4.79 Å². The molecule has 1 N–H and O–H groups in total. The molecule has 4 nitrogen and oxygen atoms in total. The average Bonchev–Trinajstić information content (AvgIpc) is 2.91. The molecule has 6 heteroatoms. The normalized spacial score (nSPS) is 17.4. The molecule has 1 aliphatic rings. The molecular weight excluding hydrogens is 416 g/mol. The largest absolute Gasteiger partial charge is 0.459 e. The predicted molar refractivity (Wildman–Crippen MR) is 122 cm³/mol. The summed E-state index contributed by atoms with van der Waals surface area (Å²) in [5.41, 5.74) is 3.18. The van der Waals surface area contributed by atoms with Crippen molar-refractivity contribution < 1.29 is 9.53 Å². The summed E-state index contributed by atoms with van der Waals surface area (Å²) in [6.45, 7) is 9.04. The Morgan fingerprint density at radius 2 is 2.03 bits per heavy atom. The Kier molecular flexibility index (Phi) is 7.13. The van der Waals surface area contributed by atoms with Crippen molar-refractivity contribution in [2.45, 2.75) is 55.8 Å². The quantitative estimate of drug-likeness (QED) is 0.490. The maximum absolute atomic E-state index is 12.9. The highest BCUT2D eigenvalue weighted by Gasteiger charge is 2.31. The third kappa shape index (κ3) is 5.18. The Labute approximate surface area is 188 Å². The Morgan fingerprint density at radius 3 is 2.73 bits per heavy atom. The van der Waals surface area contributed by atoms with Crippen LogP contribution in [0.3, 0.4) is 0 Å². The van der Waals surface area contributed by atoms with Gasteiger partial charge in [0.1, 0.15) is 5.60 Å². The Morgan fingerprint density at radius 1 is 1.30 bits per heavy atom. The molecule has 0 aliphatic carbocycles. The Hall–Kier alpha value is -2.00. The van der Waals surface area contributed by atoms with Gasteiger partial charge in [-0.2, -0.15) is 5.26 Å². The van der Waals surface area contributed by atoms with Crippen molar-refractivity contribution in [1.82, 2.24) is 5.32 Å². The van der Waals surface area contributed by atoms with Crippen LogP contribution in [0.5, 0.6) is 0 Å². The lowest BCUT2D eigenvalue weighted by Gasteiger charge is -2.25. The van der Waals surface area contributed by atoms with E-state index in [4.69, 9.17) is 16.3 Å². The zero-order valence-corrected chi connectivity index (χ0v) is 19.4. The molecule has 2 aromatic carbocycles. The van der Waals surface area contributed by atoms with Crippen LogP contribution in [0.15, 0.2) is 41.3 Å². The van der Waals surface area contributed by atoms with E-state index in [1.165, 1.54) is 0 Å². The molecule has 30 heavy (non-hydrogen) atoms. The number of nitrogens with one attached hydrogen (secondary N) is 1. The lowest BCUT2D eigenvalue weighted by atomic mass is 9.93. The third-order valence-electron chi connectivity index (χ3n) is 5.03. The van der Waals surface area contributed by atoms with E-state index in [0.29, 0.717) is 17.1 Å². The maximum atomic E-state index is 12.9. The van der Waals surface area contributed by atoms with Crippen LogP contribution in [0.4, 0.5) is 0 Å². The van der Waals surface area contributed by atoms with Crippen LogP contribution in [0.2, 0.25) is 5.02 Å². The van der Waals surface area contributed by atoms with E-state index >= 15 is 0 Å². The third-order valence-corrected chi connectivity index (χ3v) is 6.77. The van der Waals surface area contributed by atoms with Gasteiger partial charge in [0.05, 0.1) is 22.6 Å². The fraction of sp³-hybridized carbons (Fsp3) is 0.417. The number of fused-ring (bicyclic) bond motifs is 1. The van der Waals surface area contributed by atoms with Gasteiger partial charge in [0.25, 0.3) is 0 Å². The zero-order valence-electron chi connectivity index (χ0n) is 17.8. The van der Waals surface area contributed by atoms with Crippen molar-refractivity contribution in [3.63, 3.8) is 0 Å². The van der Waals surface area contributed by atoms with Gasteiger partial charge in [-0.15, -0.1) is 11.8 Å². The van der Waals surface area contributed by atoms with Crippen molar-refractivity contribution in [3.8, 4) is 6.07 Å². The minimum atomic E-state index is -0.539. The number of carbonyl (C=O) groups is 1. The van der Waals surface area contributed by atoms with Gasteiger partial charge in [0.15, 0.2) is 0 Å². The van der Waals surface area contributed by atoms with Crippen molar-refractivity contribution in [2.75, 3.05) is 13.1 Å². The second-order valence-electron chi connectivity index (χ2n) is 8.44. The van der Waals surface area contributed by atoms with Crippen LogP contribution in [-0.4, -0.2) is 24.7 Å². The smallest absolute Gasteiger partial charge is 0.315 e. The number of carbonyl (C=O) groups excluding carboxylic acids is 1. The van der Waals surface area contributed by atoms with Gasteiger partial charge in [-0.1, -0.05) is 35.9 Å². The van der Waals surface area contributed by atoms with Crippen LogP contribution in [-0.2, 0) is 16.0 Å². The SMILES string of the molecule is CC(Sc1c(Cl)ccc2c1CCNCC2C(=O)OC(C)(C)C)c1ccccc1C#N. The van der Waals surface area contributed by atoms with E-state index in [1.54, 1.807) is 11.8 Å². The fourth-order valence-electron chi connectivity index (χ4n) is 3.67. The van der Waals surface area contributed by atoms with Crippen LogP contribution in [0.25, 0.3) is 0 Å². The molecule has 1 aliphatic heterocycles. The van der Waals surface area contributed by atoms with Gasteiger partial charge in [-0.05, 0) is 69.5 Å². The summed E-state index contributed by atoms with van der Waals surface area (Å²) in [4.78, 5) is 13.9. The molecule has 2 unspecified atom stereocenters. The molecule has 3 rings (SSSR count). The van der Waals surface area contributed by atoms with Crippen molar-refractivity contribution in [3.05, 3.63) is 63.7 Å². The first kappa shape index (κ1) is 22.7. The number of hydrogen-bond acceptors (Lipinski definition) is 5. The topological polar surface area (TPSA) is 62.1 Å². The van der Waals surface area contributed by atoms with Crippen LogP contribution in [0, 0.1) is 11.3 Å². The summed E-state index contributed by atoms with van der Waals surface area (Å²) in [5, 5.41) is 13.5. The number of benzene rings is 2. The molecule has 0 bridgehead atoms. The number of esters is 1. The highest BCUT2D eigenvalue weighted by atomic mass is 35.5. The van der Waals surface area contributed by atoms with Crippen molar-refractivity contribution >= 4 is 29.3 Å². The summed E-state index contributed by atoms with van der Waals surface area (Å²) in [6, 6.07) is 13.7. The molecule has 2 atom stereocenters. The lowest BCUT2D eigenvalue weighted by Crippen LogP contribution is -2.32. The first-order valence-corrected chi connectivity index (χ1v) is 11.4. The minimum Gasteiger partial charge on any atom is -0.459 e. The summed E-state index contributed by atoms with van der Waals surface area (Å²) >= 11 is 8.27. The fourth-order valence-corrected chi connectivity index (χ4v) is 5.21. The molecular formula is C24H27ClN2O2S. The number of ether oxygens (including phenoxy) is 1. The zero-order chi connectivity index (χ0) is 21.9. The molecule has 0 amide bonds. The highest BCUT2D eigenvalue weighted by Crippen LogP contribution is 2.44. The molecule has 0 aromatic heterocycles. The predicted octanol–water partition coefficient (Wildman–Crippen LogP) is 5.64. The van der Waals surface area contributed by atoms with E-state index < -0.39 is 5.60 Å². The van der Waals surface area contributed by atoms with Crippen LogP contribution in [0.1, 0.15) is 61.1 Å². The van der Waals surface area contributed by atoms with Gasteiger partial charge < -0.3 is 10.1 Å². The monoisotopic (exact) mass is 442 g/mol. The Balaban J connectivity index is 1.98. The number of nitriles is 1. The Bertz CT molecular complexity index is 978. The van der Waals surface area contributed by atoms with Crippen molar-refractivity contribution in [1.29, 1.82) is 5.26 Å². The van der Waals surface area contributed by atoms with E-state index in [9.17, 15) is 10.1 Å². The number of nitrogens with zero attached hydrogens (tertiary/aromatic N) is 1. The number of hydrogen-bond donors (Lipinski definition) is 1. The second kappa shape index (κ2) is 9.43. The van der Waals surface area contributed by atoms with Gasteiger partial charge >= 0.3 is 5.97 Å². The van der Waals surface area contributed by atoms with E-state index in [-0.39, 0.29) is 17.1 Å². The van der Waals surface area contributed by atoms with Crippen LogP contribution >= 0.6 is 23.4 Å². The molecule has 1 heterocycles. The standard InChI is InChI=1S/C24H27ClN2O2S/c1-15(17-8-6-5-7-16(17)13-26)30-22-19-11-12-27-14-20(18(19)9-10-21(22)25)23(28)29-24(2,3)4/h5-10,15,20,27H,11-12,14H2,1-4H3. The maximum Gasteiger partial charge on any atom is 0.315 e. The lowest BCUT2D eigenvalue weighted by molar-refractivity contribution is -0.156. The van der Waals surface area contributed by atoms with Crippen LogP contribution < -0.4 is 5.32 Å². The second-order valence-corrected chi connectivity index (χ2v) is 10.2. The first-order chi connectivity index (χ1) is 14.2. The summed E-state index contributed by atoms with van der Waals surface area (Å²) in [7, 11) is 0. The summed E-state index contributed by atoms with van der Waals surface area (Å²) < 4.78 is 5.69. The van der Waals surface area contributed by atoms with Gasteiger partial charge in [0.2, 0.25) is 0 Å². The molecule has 158 valence electrons. The van der Waals surface area contributed by atoms with E-state index in [2.05, 4.69) is 18.3 Å². The summed E-state index contributed by atoms with van der Waals surface area (Å²) in [6.07, 6.45) is 0.782. The molecule has 2 aromatic rings. The molecule has 0 saturated carbocycles. The molecule has 0 spiro atoms. The van der Waals surface area contributed by atoms with Gasteiger partial charge in [-0.25, -0.2) is 0 Å². The number of thioether (sulfide) groups is 1. The van der Waals surface area contributed by atoms with E-state index in [0.717, 1.165) is 34.6 Å². The molecule has 0 radical (unpaired) electrons. The van der Waals surface area contributed by atoms with Crippen molar-refractivity contribution in [2.24, 2.45) is 0 Å². The summed E-state index contributed by atoms with van der Waals surface area (Å²) in [5.74, 6) is -0.598. The van der Waals surface area contributed by atoms with E-state index in [1.807, 2.05) is 57.2 Å². The number of halogens is 1. The average molecular weight is 443 g/mol. The van der Waals surface area contributed by atoms with Gasteiger partial charge in [0, 0.05) is 16.7 Å². The first-order valence-electron chi connectivity index (χ1n) is 10.1. The molecule has 0 fully saturated rings.